The van der Waals surface area contributed by atoms with Gasteiger partial charge in [0.05, 0.1) is 11.2 Å². The highest BCUT2D eigenvalue weighted by Gasteiger charge is 2.21. The lowest BCUT2D eigenvalue weighted by molar-refractivity contribution is 0.0767. The molecule has 4 nitrogen and oxygen atoms in total. The zero-order valence-corrected chi connectivity index (χ0v) is 15.7. The maximum atomic E-state index is 12.9. The monoisotopic (exact) mass is 383 g/mol. The number of aromatic nitrogens is 1. The third kappa shape index (κ3) is 3.64. The van der Waals surface area contributed by atoms with Gasteiger partial charge in [0, 0.05) is 40.7 Å². The first kappa shape index (κ1) is 17.2. The molecule has 0 aliphatic carbocycles. The molecule has 6 heteroatoms. The van der Waals surface area contributed by atoms with Gasteiger partial charge in [-0.3, -0.25) is 4.79 Å². The van der Waals surface area contributed by atoms with Gasteiger partial charge in [-0.15, -0.1) is 0 Å². The Labute approximate surface area is 161 Å². The van der Waals surface area contributed by atoms with E-state index in [1.54, 1.807) is 0 Å². The minimum atomic E-state index is -0.00444. The zero-order valence-electron chi connectivity index (χ0n) is 14.1. The summed E-state index contributed by atoms with van der Waals surface area (Å²) in [6.07, 6.45) is 0. The van der Waals surface area contributed by atoms with E-state index in [2.05, 4.69) is 10.3 Å². The summed E-state index contributed by atoms with van der Waals surface area (Å²) in [5.74, 6) is 1.96. The normalized spacial score (nSPS) is 14.4. The molecule has 1 aliphatic heterocycles. The summed E-state index contributed by atoms with van der Waals surface area (Å²) < 4.78 is 0. The number of hydrogen-bond donors (Lipinski definition) is 1. The Balaban J connectivity index is 1.73. The molecular formula is C20H18ClN3OS. The van der Waals surface area contributed by atoms with Crippen LogP contribution in [0.2, 0.25) is 5.02 Å². The molecule has 1 saturated heterocycles. The van der Waals surface area contributed by atoms with E-state index in [9.17, 15) is 4.79 Å². The van der Waals surface area contributed by atoms with Crippen molar-refractivity contribution in [1.29, 1.82) is 0 Å². The Kier molecular flexibility index (Phi) is 5.00. The van der Waals surface area contributed by atoms with Crippen LogP contribution in [0, 0.1) is 0 Å². The average Bonchev–Trinajstić information content (AvgIpc) is 2.69. The van der Waals surface area contributed by atoms with Crippen molar-refractivity contribution in [3.8, 4) is 0 Å². The van der Waals surface area contributed by atoms with Gasteiger partial charge in [-0.1, -0.05) is 29.8 Å². The lowest BCUT2D eigenvalue weighted by Gasteiger charge is -2.26. The fourth-order valence-electron chi connectivity index (χ4n) is 3.01. The molecule has 132 valence electrons. The summed E-state index contributed by atoms with van der Waals surface area (Å²) in [6, 6.07) is 17.2. The van der Waals surface area contributed by atoms with Crippen LogP contribution in [0.5, 0.6) is 0 Å². The molecule has 1 amide bonds. The molecule has 0 unspecified atom stereocenters. The van der Waals surface area contributed by atoms with Crippen LogP contribution in [0.4, 0.5) is 11.4 Å². The number of thioether (sulfide) groups is 1. The lowest BCUT2D eigenvalue weighted by Crippen LogP contribution is -2.38. The maximum absolute atomic E-state index is 12.9. The number of benzene rings is 2. The number of amides is 1. The molecule has 0 atom stereocenters. The SMILES string of the molecule is O=C(c1cc(Nc2ccc(Cl)cc2)c2ccccc2n1)N1CCSCC1. The summed E-state index contributed by atoms with van der Waals surface area (Å²) in [7, 11) is 0. The molecule has 26 heavy (non-hydrogen) atoms. The molecule has 2 heterocycles. The largest absolute Gasteiger partial charge is 0.355 e. The molecule has 0 bridgehead atoms. The summed E-state index contributed by atoms with van der Waals surface area (Å²) in [6.45, 7) is 1.55. The van der Waals surface area contributed by atoms with Crippen molar-refractivity contribution in [1.82, 2.24) is 9.88 Å². The van der Waals surface area contributed by atoms with E-state index in [4.69, 9.17) is 11.6 Å². The van der Waals surface area contributed by atoms with Crippen LogP contribution in [0.25, 0.3) is 10.9 Å². The van der Waals surface area contributed by atoms with E-state index in [0.717, 1.165) is 46.9 Å². The van der Waals surface area contributed by atoms with E-state index in [1.165, 1.54) is 0 Å². The van der Waals surface area contributed by atoms with Gasteiger partial charge >= 0.3 is 0 Å². The fourth-order valence-corrected chi connectivity index (χ4v) is 4.03. The first-order valence-electron chi connectivity index (χ1n) is 8.50. The number of pyridine rings is 1. The van der Waals surface area contributed by atoms with Gasteiger partial charge in [0.15, 0.2) is 0 Å². The van der Waals surface area contributed by atoms with Crippen molar-refractivity contribution in [2.75, 3.05) is 29.9 Å². The third-order valence-corrected chi connectivity index (χ3v) is 5.55. The second kappa shape index (κ2) is 7.56. The first-order valence-corrected chi connectivity index (χ1v) is 10.0. The number of nitrogens with one attached hydrogen (secondary N) is 1. The quantitative estimate of drug-likeness (QED) is 0.704. The Morgan fingerprint density at radius 2 is 1.81 bits per heavy atom. The highest BCUT2D eigenvalue weighted by atomic mass is 35.5. The molecule has 1 aliphatic rings. The molecule has 0 radical (unpaired) electrons. The highest BCUT2D eigenvalue weighted by Crippen LogP contribution is 2.28. The summed E-state index contributed by atoms with van der Waals surface area (Å²) in [4.78, 5) is 19.4. The molecule has 0 saturated carbocycles. The number of anilines is 2. The average molecular weight is 384 g/mol. The van der Waals surface area contributed by atoms with Crippen LogP contribution in [0.3, 0.4) is 0 Å². The van der Waals surface area contributed by atoms with E-state index < -0.39 is 0 Å². The highest BCUT2D eigenvalue weighted by molar-refractivity contribution is 7.99. The Morgan fingerprint density at radius 1 is 1.08 bits per heavy atom. The minimum Gasteiger partial charge on any atom is -0.355 e. The smallest absolute Gasteiger partial charge is 0.272 e. The summed E-state index contributed by atoms with van der Waals surface area (Å²) >= 11 is 7.86. The number of carbonyl (C=O) groups is 1. The van der Waals surface area contributed by atoms with Crippen molar-refractivity contribution < 1.29 is 4.79 Å². The topological polar surface area (TPSA) is 45.2 Å². The van der Waals surface area contributed by atoms with Crippen LogP contribution in [0.1, 0.15) is 10.5 Å². The number of fused-ring (bicyclic) bond motifs is 1. The first-order chi connectivity index (χ1) is 12.7. The van der Waals surface area contributed by atoms with Crippen molar-refractivity contribution in [3.05, 3.63) is 65.3 Å². The minimum absolute atomic E-state index is 0.00444. The molecule has 2 aromatic carbocycles. The lowest BCUT2D eigenvalue weighted by atomic mass is 10.1. The molecule has 1 N–H and O–H groups in total. The molecule has 0 spiro atoms. The Bertz CT molecular complexity index is 939. The van der Waals surface area contributed by atoms with Crippen LogP contribution in [-0.4, -0.2) is 40.4 Å². The van der Waals surface area contributed by atoms with Gasteiger partial charge in [0.1, 0.15) is 5.69 Å². The molecule has 3 aromatic rings. The number of rotatable bonds is 3. The molecular weight excluding hydrogens is 366 g/mol. The Morgan fingerprint density at radius 3 is 2.58 bits per heavy atom. The van der Waals surface area contributed by atoms with Crippen molar-refractivity contribution in [3.63, 3.8) is 0 Å². The summed E-state index contributed by atoms with van der Waals surface area (Å²) in [5.41, 5.74) is 3.07. The second-order valence-corrected chi connectivity index (χ2v) is 7.77. The molecule has 1 aromatic heterocycles. The van der Waals surface area contributed by atoms with Gasteiger partial charge < -0.3 is 10.2 Å². The number of nitrogens with zero attached hydrogens (tertiary/aromatic N) is 2. The van der Waals surface area contributed by atoms with E-state index in [-0.39, 0.29) is 5.91 Å². The summed E-state index contributed by atoms with van der Waals surface area (Å²) in [5, 5.41) is 5.07. The van der Waals surface area contributed by atoms with Gasteiger partial charge in [-0.05, 0) is 36.4 Å². The number of halogens is 1. The van der Waals surface area contributed by atoms with Gasteiger partial charge in [-0.25, -0.2) is 4.98 Å². The van der Waals surface area contributed by atoms with E-state index >= 15 is 0 Å². The molecule has 4 rings (SSSR count). The fraction of sp³-hybridized carbons (Fsp3) is 0.200. The Hall–Kier alpha value is -2.24. The predicted octanol–water partition coefficient (Wildman–Crippen LogP) is 4.82. The second-order valence-electron chi connectivity index (χ2n) is 6.11. The predicted molar refractivity (Wildman–Crippen MR) is 110 cm³/mol. The molecule has 1 fully saturated rings. The number of para-hydroxylation sites is 1. The third-order valence-electron chi connectivity index (χ3n) is 4.36. The van der Waals surface area contributed by atoms with Crippen LogP contribution in [-0.2, 0) is 0 Å². The van der Waals surface area contributed by atoms with Crippen LogP contribution in [0.15, 0.2) is 54.6 Å². The van der Waals surface area contributed by atoms with Gasteiger partial charge in [0.2, 0.25) is 0 Å². The van der Waals surface area contributed by atoms with Gasteiger partial charge in [0.25, 0.3) is 5.91 Å². The van der Waals surface area contributed by atoms with Crippen LogP contribution < -0.4 is 5.32 Å². The zero-order chi connectivity index (χ0) is 17.9. The van der Waals surface area contributed by atoms with Crippen molar-refractivity contribution >= 4 is 51.5 Å². The standard InChI is InChI=1S/C20H18ClN3OS/c21-14-5-7-15(8-6-14)22-18-13-19(20(25)24-9-11-26-12-10-24)23-17-4-2-1-3-16(17)18/h1-8,13H,9-12H2,(H,22,23). The van der Waals surface area contributed by atoms with Crippen LogP contribution >= 0.6 is 23.4 Å². The van der Waals surface area contributed by atoms with Gasteiger partial charge in [-0.2, -0.15) is 11.8 Å². The van der Waals surface area contributed by atoms with Crippen molar-refractivity contribution in [2.45, 2.75) is 0 Å². The maximum Gasteiger partial charge on any atom is 0.272 e. The van der Waals surface area contributed by atoms with E-state index in [0.29, 0.717) is 10.7 Å². The van der Waals surface area contributed by atoms with E-state index in [1.807, 2.05) is 71.3 Å². The van der Waals surface area contributed by atoms with Crippen molar-refractivity contribution in [2.24, 2.45) is 0 Å². The number of hydrogen-bond acceptors (Lipinski definition) is 4. The number of carbonyl (C=O) groups excluding carboxylic acids is 1.